The second kappa shape index (κ2) is 6.10. The van der Waals surface area contributed by atoms with E-state index in [4.69, 9.17) is 0 Å². The summed E-state index contributed by atoms with van der Waals surface area (Å²) in [6.07, 6.45) is 4.31. The van der Waals surface area contributed by atoms with Crippen LogP contribution in [0, 0.1) is 11.3 Å². The van der Waals surface area contributed by atoms with Crippen molar-refractivity contribution < 1.29 is 0 Å². The molecule has 2 nitrogen and oxygen atoms in total. The highest BCUT2D eigenvalue weighted by Crippen LogP contribution is 2.34. The summed E-state index contributed by atoms with van der Waals surface area (Å²) in [5, 5.41) is 3.81. The lowest BCUT2D eigenvalue weighted by Crippen LogP contribution is -2.57. The molecule has 2 heteroatoms. The van der Waals surface area contributed by atoms with Gasteiger partial charge in [0.2, 0.25) is 0 Å². The maximum Gasteiger partial charge on any atom is 0.0473 e. The maximum absolute atomic E-state index is 3.81. The van der Waals surface area contributed by atoms with Crippen molar-refractivity contribution in [2.45, 2.75) is 52.1 Å². The van der Waals surface area contributed by atoms with Crippen LogP contribution in [0.3, 0.4) is 0 Å². The van der Waals surface area contributed by atoms with Gasteiger partial charge in [-0.1, -0.05) is 57.5 Å². The molecular weight excluding hydrogens is 256 g/mol. The van der Waals surface area contributed by atoms with Crippen LogP contribution in [0.5, 0.6) is 0 Å². The molecule has 0 spiro atoms. The van der Waals surface area contributed by atoms with Crippen LogP contribution >= 0.6 is 0 Å². The molecule has 1 aromatic rings. The summed E-state index contributed by atoms with van der Waals surface area (Å²) in [6, 6.07) is 12.2. The van der Waals surface area contributed by atoms with Gasteiger partial charge in [0.15, 0.2) is 0 Å². The van der Waals surface area contributed by atoms with E-state index in [-0.39, 0.29) is 0 Å². The van der Waals surface area contributed by atoms with Gasteiger partial charge in [0, 0.05) is 31.7 Å². The average Bonchev–Trinajstić information content (AvgIpc) is 2.43. The Morgan fingerprint density at radius 1 is 1.14 bits per heavy atom. The van der Waals surface area contributed by atoms with E-state index in [0.717, 1.165) is 12.5 Å². The summed E-state index contributed by atoms with van der Waals surface area (Å²) in [5.41, 5.74) is 1.80. The second-order valence-electron chi connectivity index (χ2n) is 8.00. The van der Waals surface area contributed by atoms with Crippen molar-refractivity contribution in [1.82, 2.24) is 10.2 Å². The highest BCUT2D eigenvalue weighted by Gasteiger charge is 2.36. The Morgan fingerprint density at radius 2 is 1.86 bits per heavy atom. The van der Waals surface area contributed by atoms with Crippen LogP contribution in [-0.2, 0) is 0 Å². The zero-order valence-electron chi connectivity index (χ0n) is 13.8. The molecule has 0 amide bonds. The number of benzene rings is 1. The molecule has 2 fully saturated rings. The van der Waals surface area contributed by atoms with Crippen LogP contribution in [-0.4, -0.2) is 30.6 Å². The highest BCUT2D eigenvalue weighted by atomic mass is 15.2. The first-order valence-electron chi connectivity index (χ1n) is 8.56. The van der Waals surface area contributed by atoms with Gasteiger partial charge in [-0.05, 0) is 29.7 Å². The molecule has 1 aliphatic carbocycles. The van der Waals surface area contributed by atoms with Gasteiger partial charge in [-0.2, -0.15) is 0 Å². The summed E-state index contributed by atoms with van der Waals surface area (Å²) < 4.78 is 0. The molecule has 1 saturated carbocycles. The minimum Gasteiger partial charge on any atom is -0.310 e. The number of piperazine rings is 1. The molecule has 0 radical (unpaired) electrons. The minimum atomic E-state index is 0.333. The van der Waals surface area contributed by atoms with Crippen LogP contribution in [0.25, 0.3) is 0 Å². The van der Waals surface area contributed by atoms with E-state index < -0.39 is 0 Å². The van der Waals surface area contributed by atoms with Crippen LogP contribution in [0.2, 0.25) is 0 Å². The predicted octanol–water partition coefficient (Wildman–Crippen LogP) is 3.85. The molecule has 1 N–H and O–H groups in total. The summed E-state index contributed by atoms with van der Waals surface area (Å²) in [4.78, 5) is 2.76. The fourth-order valence-corrected chi connectivity index (χ4v) is 3.60. The fourth-order valence-electron chi connectivity index (χ4n) is 3.60. The molecular formula is C19H30N2. The molecule has 2 unspecified atom stereocenters. The Bertz CT molecular complexity index is 444. The molecule has 0 bridgehead atoms. The first kappa shape index (κ1) is 15.1. The molecule has 1 aliphatic heterocycles. The van der Waals surface area contributed by atoms with Crippen molar-refractivity contribution in [3.8, 4) is 0 Å². The standard InChI is InChI=1S/C19H30N2/c1-19(2,3)18-14-21(13-15-8-7-9-15)17(12-20-18)16-10-5-4-6-11-16/h4-6,10-11,15,17-18,20H,7-9,12-14H2,1-3H3. The summed E-state index contributed by atoms with van der Waals surface area (Å²) in [6.45, 7) is 10.6. The molecule has 1 saturated heterocycles. The third-order valence-electron chi connectivity index (χ3n) is 5.36. The Kier molecular flexibility index (Phi) is 4.37. The monoisotopic (exact) mass is 286 g/mol. The van der Waals surface area contributed by atoms with Crippen molar-refractivity contribution >= 4 is 0 Å². The first-order chi connectivity index (χ1) is 10.0. The second-order valence-corrected chi connectivity index (χ2v) is 8.00. The molecule has 1 heterocycles. The zero-order valence-corrected chi connectivity index (χ0v) is 13.8. The van der Waals surface area contributed by atoms with Gasteiger partial charge in [-0.25, -0.2) is 0 Å². The number of nitrogens with zero attached hydrogens (tertiary/aromatic N) is 1. The fraction of sp³-hybridized carbons (Fsp3) is 0.684. The van der Waals surface area contributed by atoms with Gasteiger partial charge in [-0.3, -0.25) is 4.90 Å². The van der Waals surface area contributed by atoms with E-state index in [1.54, 1.807) is 0 Å². The topological polar surface area (TPSA) is 15.3 Å². The largest absolute Gasteiger partial charge is 0.310 e. The maximum atomic E-state index is 3.81. The van der Waals surface area contributed by atoms with Crippen molar-refractivity contribution in [2.75, 3.05) is 19.6 Å². The number of hydrogen-bond acceptors (Lipinski definition) is 2. The smallest absolute Gasteiger partial charge is 0.0473 e. The summed E-state index contributed by atoms with van der Waals surface area (Å²) in [7, 11) is 0. The average molecular weight is 286 g/mol. The van der Waals surface area contributed by atoms with E-state index in [1.807, 2.05) is 0 Å². The lowest BCUT2D eigenvalue weighted by Gasteiger charge is -2.47. The van der Waals surface area contributed by atoms with E-state index in [2.05, 4.69) is 61.3 Å². The van der Waals surface area contributed by atoms with E-state index in [9.17, 15) is 0 Å². The van der Waals surface area contributed by atoms with Gasteiger partial charge in [-0.15, -0.1) is 0 Å². The van der Waals surface area contributed by atoms with Gasteiger partial charge in [0.25, 0.3) is 0 Å². The quantitative estimate of drug-likeness (QED) is 0.908. The summed E-state index contributed by atoms with van der Waals surface area (Å²) >= 11 is 0. The normalized spacial score (nSPS) is 28.3. The van der Waals surface area contributed by atoms with Gasteiger partial charge < -0.3 is 5.32 Å². The minimum absolute atomic E-state index is 0.333. The molecule has 21 heavy (non-hydrogen) atoms. The van der Waals surface area contributed by atoms with Crippen molar-refractivity contribution in [2.24, 2.45) is 11.3 Å². The third kappa shape index (κ3) is 3.49. The molecule has 116 valence electrons. The summed E-state index contributed by atoms with van der Waals surface area (Å²) in [5.74, 6) is 0.940. The van der Waals surface area contributed by atoms with E-state index >= 15 is 0 Å². The third-order valence-corrected chi connectivity index (χ3v) is 5.36. The number of nitrogens with one attached hydrogen (secondary N) is 1. The van der Waals surface area contributed by atoms with Crippen molar-refractivity contribution in [3.05, 3.63) is 35.9 Å². The van der Waals surface area contributed by atoms with Gasteiger partial charge in [0.1, 0.15) is 0 Å². The van der Waals surface area contributed by atoms with E-state index in [0.29, 0.717) is 17.5 Å². The molecule has 3 rings (SSSR count). The molecule has 1 aromatic carbocycles. The zero-order chi connectivity index (χ0) is 14.9. The molecule has 2 atom stereocenters. The Balaban J connectivity index is 1.75. The Morgan fingerprint density at radius 3 is 2.43 bits per heavy atom. The highest BCUT2D eigenvalue weighted by molar-refractivity contribution is 5.20. The lowest BCUT2D eigenvalue weighted by atomic mass is 9.81. The van der Waals surface area contributed by atoms with E-state index in [1.165, 1.54) is 37.9 Å². The first-order valence-corrected chi connectivity index (χ1v) is 8.56. The van der Waals surface area contributed by atoms with Crippen LogP contribution < -0.4 is 5.32 Å². The van der Waals surface area contributed by atoms with Gasteiger partial charge in [0.05, 0.1) is 0 Å². The molecule has 2 aliphatic rings. The number of hydrogen-bond donors (Lipinski definition) is 1. The SMILES string of the molecule is CC(C)(C)C1CN(CC2CCC2)C(c2ccccc2)CN1. The number of rotatable bonds is 3. The van der Waals surface area contributed by atoms with Crippen molar-refractivity contribution in [3.63, 3.8) is 0 Å². The van der Waals surface area contributed by atoms with Gasteiger partial charge >= 0.3 is 0 Å². The Hall–Kier alpha value is -0.860. The van der Waals surface area contributed by atoms with Crippen LogP contribution in [0.4, 0.5) is 0 Å². The molecule has 0 aromatic heterocycles. The lowest BCUT2D eigenvalue weighted by molar-refractivity contribution is 0.0579. The Labute approximate surface area is 129 Å². The van der Waals surface area contributed by atoms with Crippen molar-refractivity contribution in [1.29, 1.82) is 0 Å². The van der Waals surface area contributed by atoms with Crippen LogP contribution in [0.15, 0.2) is 30.3 Å². The van der Waals surface area contributed by atoms with Crippen LogP contribution in [0.1, 0.15) is 51.6 Å². The predicted molar refractivity (Wildman–Crippen MR) is 89.3 cm³/mol.